The van der Waals surface area contributed by atoms with Crippen LogP contribution in [-0.4, -0.2) is 54.7 Å². The molecule has 0 aromatic heterocycles. The maximum absolute atomic E-state index is 13.2. The molecule has 0 bridgehead atoms. The number of para-hydroxylation sites is 1. The minimum atomic E-state index is -0.760. The number of methoxy groups -OCH3 is 1. The van der Waals surface area contributed by atoms with E-state index >= 15 is 0 Å². The van der Waals surface area contributed by atoms with Crippen molar-refractivity contribution >= 4 is 17.4 Å². The molecule has 2 aromatic carbocycles. The summed E-state index contributed by atoms with van der Waals surface area (Å²) in [5.74, 6) is -0.217. The first-order valence-electron chi connectivity index (χ1n) is 11.2. The molecule has 174 valence electrons. The van der Waals surface area contributed by atoms with E-state index in [4.69, 9.17) is 14.2 Å². The van der Waals surface area contributed by atoms with E-state index in [0.717, 1.165) is 17.7 Å². The summed E-state index contributed by atoms with van der Waals surface area (Å²) in [6, 6.07) is 11.8. The summed E-state index contributed by atoms with van der Waals surface area (Å²) < 4.78 is 16.7. The van der Waals surface area contributed by atoms with Crippen LogP contribution < -0.4 is 9.47 Å². The minimum Gasteiger partial charge on any atom is -0.507 e. The van der Waals surface area contributed by atoms with Crippen LogP contribution in [0.1, 0.15) is 43.0 Å². The monoisotopic (exact) mass is 451 g/mol. The predicted octanol–water partition coefficient (Wildman–Crippen LogP) is 3.87. The third-order valence-electron chi connectivity index (χ3n) is 5.93. The average molecular weight is 452 g/mol. The Morgan fingerprint density at radius 1 is 1.21 bits per heavy atom. The van der Waals surface area contributed by atoms with Crippen LogP contribution in [0.25, 0.3) is 5.76 Å². The Kier molecular flexibility index (Phi) is 6.70. The number of aliphatic hydroxyl groups is 1. The molecule has 2 heterocycles. The van der Waals surface area contributed by atoms with Crippen LogP contribution in [-0.2, 0) is 20.7 Å². The van der Waals surface area contributed by atoms with Crippen molar-refractivity contribution in [1.29, 1.82) is 0 Å². The Balaban J connectivity index is 1.77. The smallest absolute Gasteiger partial charge is 0.295 e. The third-order valence-corrected chi connectivity index (χ3v) is 5.93. The van der Waals surface area contributed by atoms with E-state index in [1.165, 1.54) is 4.90 Å². The molecular weight excluding hydrogens is 422 g/mol. The van der Waals surface area contributed by atoms with E-state index in [1.807, 2.05) is 38.1 Å². The standard InChI is InChI=1S/C26H29NO6/c1-16(2)32-13-6-12-27-23(19-7-4-5-8-21(19)31-3)22(25(29)26(27)30)24(28)18-9-10-20-17(15-18)11-14-33-20/h4-5,7-10,15-16,23,28H,6,11-14H2,1-3H3/b24-22+. The number of Topliss-reactive ketones (excluding diaryl/α,β-unsaturated/α-hetero) is 1. The average Bonchev–Trinajstić information content (AvgIpc) is 3.38. The largest absolute Gasteiger partial charge is 0.507 e. The number of rotatable bonds is 8. The molecule has 1 fully saturated rings. The number of likely N-dealkylation sites (tertiary alicyclic amines) is 1. The number of aliphatic hydroxyl groups excluding tert-OH is 1. The maximum atomic E-state index is 13.2. The molecule has 1 N–H and O–H groups in total. The van der Waals surface area contributed by atoms with Crippen LogP contribution >= 0.6 is 0 Å². The van der Waals surface area contributed by atoms with Crippen LogP contribution in [0.4, 0.5) is 0 Å². The van der Waals surface area contributed by atoms with Crippen molar-refractivity contribution < 1.29 is 28.9 Å². The first-order valence-corrected chi connectivity index (χ1v) is 11.2. The van der Waals surface area contributed by atoms with Crippen LogP contribution in [0.3, 0.4) is 0 Å². The van der Waals surface area contributed by atoms with Gasteiger partial charge in [0.2, 0.25) is 0 Å². The van der Waals surface area contributed by atoms with E-state index in [1.54, 1.807) is 25.3 Å². The lowest BCUT2D eigenvalue weighted by atomic mass is 9.94. The molecule has 0 spiro atoms. The van der Waals surface area contributed by atoms with E-state index in [9.17, 15) is 14.7 Å². The molecule has 7 heteroatoms. The van der Waals surface area contributed by atoms with Crippen molar-refractivity contribution in [3.8, 4) is 11.5 Å². The third kappa shape index (κ3) is 4.46. The minimum absolute atomic E-state index is 0.0631. The van der Waals surface area contributed by atoms with E-state index in [2.05, 4.69) is 0 Å². The molecule has 0 saturated carbocycles. The second-order valence-electron chi connectivity index (χ2n) is 8.43. The number of carbonyl (C=O) groups is 2. The molecule has 2 aliphatic rings. The van der Waals surface area contributed by atoms with Crippen LogP contribution in [0, 0.1) is 0 Å². The topological polar surface area (TPSA) is 85.3 Å². The van der Waals surface area contributed by atoms with Gasteiger partial charge in [0.15, 0.2) is 0 Å². The lowest BCUT2D eigenvalue weighted by molar-refractivity contribution is -0.140. The summed E-state index contributed by atoms with van der Waals surface area (Å²) in [4.78, 5) is 27.8. The van der Waals surface area contributed by atoms with Gasteiger partial charge in [-0.2, -0.15) is 0 Å². The Morgan fingerprint density at radius 3 is 2.76 bits per heavy atom. The van der Waals surface area contributed by atoms with Gasteiger partial charge < -0.3 is 24.2 Å². The zero-order chi connectivity index (χ0) is 23.5. The number of fused-ring (bicyclic) bond motifs is 1. The van der Waals surface area contributed by atoms with Crippen LogP contribution in [0.2, 0.25) is 0 Å². The van der Waals surface area contributed by atoms with Gasteiger partial charge in [-0.1, -0.05) is 18.2 Å². The highest BCUT2D eigenvalue weighted by Gasteiger charge is 2.46. The second-order valence-corrected chi connectivity index (χ2v) is 8.43. The Labute approximate surface area is 193 Å². The normalized spacial score (nSPS) is 19.2. The summed E-state index contributed by atoms with van der Waals surface area (Å²) in [6.45, 7) is 5.26. The Bertz CT molecular complexity index is 1090. The first kappa shape index (κ1) is 22.9. The van der Waals surface area contributed by atoms with Crippen molar-refractivity contribution in [2.75, 3.05) is 26.9 Å². The molecule has 1 unspecified atom stereocenters. The molecule has 0 aliphatic carbocycles. The van der Waals surface area contributed by atoms with Crippen molar-refractivity contribution in [1.82, 2.24) is 4.90 Å². The zero-order valence-electron chi connectivity index (χ0n) is 19.2. The van der Waals surface area contributed by atoms with Crippen molar-refractivity contribution in [3.63, 3.8) is 0 Å². The highest BCUT2D eigenvalue weighted by Crippen LogP contribution is 2.43. The van der Waals surface area contributed by atoms with E-state index < -0.39 is 17.7 Å². The van der Waals surface area contributed by atoms with E-state index in [-0.39, 0.29) is 17.4 Å². The number of hydrogen-bond acceptors (Lipinski definition) is 6. The fraction of sp³-hybridized carbons (Fsp3) is 0.385. The number of carbonyl (C=O) groups excluding carboxylic acids is 2. The number of nitrogens with zero attached hydrogens (tertiary/aromatic N) is 1. The van der Waals surface area contributed by atoms with Gasteiger partial charge >= 0.3 is 0 Å². The van der Waals surface area contributed by atoms with Gasteiger partial charge in [0, 0.05) is 30.7 Å². The Hall–Kier alpha value is -3.32. The quantitative estimate of drug-likeness (QED) is 0.284. The number of amides is 1. The van der Waals surface area contributed by atoms with Gasteiger partial charge in [0.25, 0.3) is 11.7 Å². The Morgan fingerprint density at radius 2 is 2.00 bits per heavy atom. The summed E-state index contributed by atoms with van der Waals surface area (Å²) in [5, 5.41) is 11.3. The highest BCUT2D eigenvalue weighted by atomic mass is 16.5. The fourth-order valence-electron chi connectivity index (χ4n) is 4.37. The molecule has 2 aliphatic heterocycles. The molecule has 1 amide bonds. The number of hydrogen-bond donors (Lipinski definition) is 1. The van der Waals surface area contributed by atoms with Crippen molar-refractivity contribution in [2.45, 2.75) is 38.8 Å². The van der Waals surface area contributed by atoms with Gasteiger partial charge in [0.05, 0.1) is 31.4 Å². The molecule has 33 heavy (non-hydrogen) atoms. The second kappa shape index (κ2) is 9.67. The molecule has 1 saturated heterocycles. The highest BCUT2D eigenvalue weighted by molar-refractivity contribution is 6.46. The van der Waals surface area contributed by atoms with Gasteiger partial charge in [-0.3, -0.25) is 9.59 Å². The molecule has 1 atom stereocenters. The molecule has 7 nitrogen and oxygen atoms in total. The fourth-order valence-corrected chi connectivity index (χ4v) is 4.37. The SMILES string of the molecule is COc1ccccc1C1/C(=C(\O)c2ccc3c(c2)CCO3)C(=O)C(=O)N1CCCOC(C)C. The lowest BCUT2D eigenvalue weighted by Crippen LogP contribution is -2.31. The molecule has 2 aromatic rings. The molecular formula is C26H29NO6. The predicted molar refractivity (Wildman–Crippen MR) is 123 cm³/mol. The maximum Gasteiger partial charge on any atom is 0.295 e. The summed E-state index contributed by atoms with van der Waals surface area (Å²) in [6.07, 6.45) is 1.37. The van der Waals surface area contributed by atoms with Crippen molar-refractivity contribution in [3.05, 3.63) is 64.7 Å². The van der Waals surface area contributed by atoms with Gasteiger partial charge in [-0.05, 0) is 50.1 Å². The first-order chi connectivity index (χ1) is 15.9. The van der Waals surface area contributed by atoms with Gasteiger partial charge in [-0.15, -0.1) is 0 Å². The lowest BCUT2D eigenvalue weighted by Gasteiger charge is -2.26. The number of ketones is 1. The zero-order valence-corrected chi connectivity index (χ0v) is 19.2. The number of ether oxygens (including phenoxy) is 3. The number of benzene rings is 2. The van der Waals surface area contributed by atoms with Gasteiger partial charge in [-0.25, -0.2) is 0 Å². The molecule has 0 radical (unpaired) electrons. The van der Waals surface area contributed by atoms with Crippen molar-refractivity contribution in [2.24, 2.45) is 0 Å². The van der Waals surface area contributed by atoms with E-state index in [0.29, 0.717) is 43.1 Å². The summed E-state index contributed by atoms with van der Waals surface area (Å²) in [5.41, 5.74) is 2.16. The molecule has 4 rings (SSSR count). The summed E-state index contributed by atoms with van der Waals surface area (Å²) in [7, 11) is 1.54. The van der Waals surface area contributed by atoms with Crippen LogP contribution in [0.15, 0.2) is 48.0 Å². The van der Waals surface area contributed by atoms with Crippen LogP contribution in [0.5, 0.6) is 11.5 Å². The summed E-state index contributed by atoms with van der Waals surface area (Å²) >= 11 is 0. The van der Waals surface area contributed by atoms with Gasteiger partial charge in [0.1, 0.15) is 17.3 Å².